The van der Waals surface area contributed by atoms with Crippen molar-refractivity contribution < 1.29 is 13.2 Å². The number of para-hydroxylation sites is 1. The van der Waals surface area contributed by atoms with Gasteiger partial charge in [-0.3, -0.25) is 0 Å². The molecule has 1 aromatic heterocycles. The quantitative estimate of drug-likeness (QED) is 0.463. The molecule has 0 unspecified atom stereocenters. The molecule has 3 rings (SSSR count). The van der Waals surface area contributed by atoms with Gasteiger partial charge in [0.05, 0.1) is 12.0 Å². The number of nitrogens with one attached hydrogen (secondary N) is 3. The summed E-state index contributed by atoms with van der Waals surface area (Å²) >= 11 is 0. The average molecular weight is 414 g/mol. The van der Waals surface area contributed by atoms with E-state index in [1.54, 1.807) is 12.1 Å². The zero-order valence-corrected chi connectivity index (χ0v) is 17.0. The van der Waals surface area contributed by atoms with Crippen molar-refractivity contribution in [2.24, 2.45) is 0 Å². The molecular formula is C20H23N5O3S. The summed E-state index contributed by atoms with van der Waals surface area (Å²) < 4.78 is 32.3. The Morgan fingerprint density at radius 2 is 1.69 bits per heavy atom. The van der Waals surface area contributed by atoms with Gasteiger partial charge in [-0.15, -0.1) is 0 Å². The maximum atomic E-state index is 12.3. The summed E-state index contributed by atoms with van der Waals surface area (Å²) in [6, 6.07) is 17.7. The lowest BCUT2D eigenvalue weighted by Gasteiger charge is -2.11. The second-order valence-corrected chi connectivity index (χ2v) is 7.98. The Labute approximate surface area is 170 Å². The van der Waals surface area contributed by atoms with Gasteiger partial charge in [0.1, 0.15) is 11.6 Å². The van der Waals surface area contributed by atoms with Gasteiger partial charge in [-0.2, -0.15) is 4.98 Å². The molecule has 9 heteroatoms. The zero-order valence-electron chi connectivity index (χ0n) is 16.2. The molecule has 3 aromatic rings. The number of rotatable bonds is 9. The average Bonchev–Trinajstić information content (AvgIpc) is 2.72. The van der Waals surface area contributed by atoms with E-state index in [0.29, 0.717) is 24.1 Å². The summed E-state index contributed by atoms with van der Waals surface area (Å²) in [6.45, 7) is 2.39. The molecule has 0 saturated carbocycles. The highest BCUT2D eigenvalue weighted by atomic mass is 32.2. The summed E-state index contributed by atoms with van der Waals surface area (Å²) in [4.78, 5) is 8.93. The third-order valence-electron chi connectivity index (χ3n) is 3.97. The van der Waals surface area contributed by atoms with Crippen molar-refractivity contribution in [1.82, 2.24) is 14.7 Å². The smallest absolute Gasteiger partial charge is 0.240 e. The fourth-order valence-corrected chi connectivity index (χ4v) is 3.61. The molecule has 0 aliphatic rings. The SMILES string of the molecule is COc1ccc(S(=O)(=O)NCCNc2nc(C)cc(Nc3ccccc3)n2)cc1. The lowest BCUT2D eigenvalue weighted by Crippen LogP contribution is -2.29. The Balaban J connectivity index is 1.55. The largest absolute Gasteiger partial charge is 0.497 e. The number of hydrogen-bond acceptors (Lipinski definition) is 7. The van der Waals surface area contributed by atoms with Crippen molar-refractivity contribution in [1.29, 1.82) is 0 Å². The number of benzene rings is 2. The summed E-state index contributed by atoms with van der Waals surface area (Å²) in [5.41, 5.74) is 1.71. The lowest BCUT2D eigenvalue weighted by atomic mass is 10.3. The third-order valence-corrected chi connectivity index (χ3v) is 5.45. The minimum absolute atomic E-state index is 0.180. The number of aromatic nitrogens is 2. The molecule has 0 aliphatic heterocycles. The van der Waals surface area contributed by atoms with E-state index in [0.717, 1.165) is 11.4 Å². The lowest BCUT2D eigenvalue weighted by molar-refractivity contribution is 0.414. The van der Waals surface area contributed by atoms with E-state index in [1.807, 2.05) is 43.3 Å². The van der Waals surface area contributed by atoms with Gasteiger partial charge in [-0.1, -0.05) is 18.2 Å². The highest BCUT2D eigenvalue weighted by Crippen LogP contribution is 2.17. The second kappa shape index (κ2) is 9.35. The summed E-state index contributed by atoms with van der Waals surface area (Å²) in [5.74, 6) is 1.68. The summed E-state index contributed by atoms with van der Waals surface area (Å²) in [6.07, 6.45) is 0. The van der Waals surface area contributed by atoms with E-state index >= 15 is 0 Å². The van der Waals surface area contributed by atoms with Gasteiger partial charge in [0.2, 0.25) is 16.0 Å². The molecule has 8 nitrogen and oxygen atoms in total. The fraction of sp³-hybridized carbons (Fsp3) is 0.200. The first-order valence-electron chi connectivity index (χ1n) is 9.01. The number of anilines is 3. The van der Waals surface area contributed by atoms with Crippen molar-refractivity contribution in [3.63, 3.8) is 0 Å². The van der Waals surface area contributed by atoms with E-state index in [1.165, 1.54) is 19.2 Å². The van der Waals surface area contributed by atoms with Gasteiger partial charge in [0.15, 0.2) is 0 Å². The molecule has 3 N–H and O–H groups in total. The molecule has 0 aliphatic carbocycles. The van der Waals surface area contributed by atoms with Crippen LogP contribution in [-0.4, -0.2) is 38.6 Å². The van der Waals surface area contributed by atoms with Crippen LogP contribution in [0.2, 0.25) is 0 Å². The number of nitrogens with zero attached hydrogens (tertiary/aromatic N) is 2. The van der Waals surface area contributed by atoms with Crippen molar-refractivity contribution in [2.75, 3.05) is 30.8 Å². The monoisotopic (exact) mass is 413 g/mol. The molecule has 0 fully saturated rings. The van der Waals surface area contributed by atoms with Crippen LogP contribution in [0.1, 0.15) is 5.69 Å². The van der Waals surface area contributed by atoms with Gasteiger partial charge in [0.25, 0.3) is 0 Å². The highest BCUT2D eigenvalue weighted by Gasteiger charge is 2.13. The second-order valence-electron chi connectivity index (χ2n) is 6.21. The minimum Gasteiger partial charge on any atom is -0.497 e. The van der Waals surface area contributed by atoms with Gasteiger partial charge >= 0.3 is 0 Å². The van der Waals surface area contributed by atoms with Crippen molar-refractivity contribution in [3.8, 4) is 5.75 Å². The van der Waals surface area contributed by atoms with Gasteiger partial charge in [0, 0.05) is 30.5 Å². The fourth-order valence-electron chi connectivity index (χ4n) is 2.58. The molecule has 0 saturated heterocycles. The molecule has 0 bridgehead atoms. The van der Waals surface area contributed by atoms with E-state index in [2.05, 4.69) is 25.3 Å². The van der Waals surface area contributed by atoms with Crippen molar-refractivity contribution in [2.45, 2.75) is 11.8 Å². The number of sulfonamides is 1. The van der Waals surface area contributed by atoms with Crippen LogP contribution in [0.25, 0.3) is 0 Å². The Bertz CT molecular complexity index is 1040. The first-order valence-corrected chi connectivity index (χ1v) is 10.5. The van der Waals surface area contributed by atoms with E-state index < -0.39 is 10.0 Å². The van der Waals surface area contributed by atoms with Crippen LogP contribution in [0.15, 0.2) is 65.6 Å². The number of hydrogen-bond donors (Lipinski definition) is 3. The van der Waals surface area contributed by atoms with E-state index in [9.17, 15) is 8.42 Å². The number of ether oxygens (including phenoxy) is 1. The van der Waals surface area contributed by atoms with Crippen LogP contribution in [0.4, 0.5) is 17.5 Å². The topological polar surface area (TPSA) is 105 Å². The molecule has 0 atom stereocenters. The Kier molecular flexibility index (Phi) is 6.63. The maximum absolute atomic E-state index is 12.3. The normalized spacial score (nSPS) is 11.1. The molecular weight excluding hydrogens is 390 g/mol. The first kappa shape index (κ1) is 20.6. The van der Waals surface area contributed by atoms with Crippen LogP contribution >= 0.6 is 0 Å². The molecule has 0 amide bonds. The Morgan fingerprint density at radius 1 is 0.966 bits per heavy atom. The van der Waals surface area contributed by atoms with E-state index in [4.69, 9.17) is 4.74 Å². The molecule has 152 valence electrons. The van der Waals surface area contributed by atoms with Crippen molar-refractivity contribution in [3.05, 3.63) is 66.4 Å². The van der Waals surface area contributed by atoms with Crippen LogP contribution in [0.5, 0.6) is 5.75 Å². The predicted molar refractivity (Wildman–Crippen MR) is 113 cm³/mol. The number of aryl methyl sites for hydroxylation is 1. The molecule has 2 aromatic carbocycles. The Morgan fingerprint density at radius 3 is 2.38 bits per heavy atom. The predicted octanol–water partition coefficient (Wildman–Crippen LogP) is 2.93. The maximum Gasteiger partial charge on any atom is 0.240 e. The van der Waals surface area contributed by atoms with Crippen LogP contribution in [0.3, 0.4) is 0 Å². The van der Waals surface area contributed by atoms with E-state index in [-0.39, 0.29) is 11.4 Å². The van der Waals surface area contributed by atoms with Gasteiger partial charge in [-0.25, -0.2) is 18.1 Å². The summed E-state index contributed by atoms with van der Waals surface area (Å²) in [7, 11) is -2.07. The highest BCUT2D eigenvalue weighted by molar-refractivity contribution is 7.89. The number of methoxy groups -OCH3 is 1. The van der Waals surface area contributed by atoms with Gasteiger partial charge in [-0.05, 0) is 43.3 Å². The standard InChI is InChI=1S/C20H23N5O3S/c1-15-14-19(24-16-6-4-3-5-7-16)25-20(23-15)21-12-13-22-29(26,27)18-10-8-17(28-2)9-11-18/h3-11,14,22H,12-13H2,1-2H3,(H2,21,23,24,25). The Hall–Kier alpha value is -3.17. The molecule has 0 spiro atoms. The van der Waals surface area contributed by atoms with Crippen molar-refractivity contribution >= 4 is 27.5 Å². The molecule has 29 heavy (non-hydrogen) atoms. The van der Waals surface area contributed by atoms with Crippen LogP contribution in [-0.2, 0) is 10.0 Å². The third kappa shape index (κ3) is 5.90. The zero-order chi connectivity index (χ0) is 20.7. The van der Waals surface area contributed by atoms with Gasteiger partial charge < -0.3 is 15.4 Å². The molecule has 1 heterocycles. The minimum atomic E-state index is -3.60. The first-order chi connectivity index (χ1) is 14.0. The molecule has 0 radical (unpaired) electrons. The van der Waals surface area contributed by atoms with Crippen LogP contribution < -0.4 is 20.1 Å². The summed E-state index contributed by atoms with van der Waals surface area (Å²) in [5, 5.41) is 6.26. The van der Waals surface area contributed by atoms with Crippen LogP contribution in [0, 0.1) is 6.92 Å².